The molecule has 0 spiro atoms. The first-order valence-electron chi connectivity index (χ1n) is 6.80. The molecule has 0 aliphatic rings. The van der Waals surface area contributed by atoms with Gasteiger partial charge in [-0.05, 0) is 26.3 Å². The molecule has 0 saturated heterocycles. The summed E-state index contributed by atoms with van der Waals surface area (Å²) in [6.45, 7) is 6.38. The van der Waals surface area contributed by atoms with Crippen molar-refractivity contribution in [3.63, 3.8) is 0 Å². The first kappa shape index (κ1) is 17.2. The van der Waals surface area contributed by atoms with Crippen molar-refractivity contribution in [3.8, 4) is 0 Å². The highest BCUT2D eigenvalue weighted by Crippen LogP contribution is 2.33. The fraction of sp³-hybridized carbons (Fsp3) is 0.500. The molecule has 0 aliphatic carbocycles. The number of nitro groups is 1. The second-order valence-corrected chi connectivity index (χ2v) is 5.36. The Labute approximate surface area is 129 Å². The Morgan fingerprint density at radius 3 is 2.52 bits per heavy atom. The molecule has 1 aromatic rings. The van der Waals surface area contributed by atoms with Crippen LogP contribution in [0.25, 0.3) is 0 Å². The summed E-state index contributed by atoms with van der Waals surface area (Å²) in [4.78, 5) is 24.8. The maximum Gasteiger partial charge on any atom is 0.294 e. The van der Waals surface area contributed by atoms with Crippen LogP contribution in [0.15, 0.2) is 12.1 Å². The van der Waals surface area contributed by atoms with E-state index in [2.05, 4.69) is 5.32 Å². The van der Waals surface area contributed by atoms with Gasteiger partial charge in [0.2, 0.25) is 0 Å². The molecule has 0 atom stereocenters. The van der Waals surface area contributed by atoms with Crippen molar-refractivity contribution in [2.24, 2.45) is 0 Å². The van der Waals surface area contributed by atoms with Gasteiger partial charge in [0.1, 0.15) is 5.69 Å². The number of nitrogens with zero attached hydrogens (tertiary/aromatic N) is 2. The highest BCUT2D eigenvalue weighted by atomic mass is 35.5. The highest BCUT2D eigenvalue weighted by Gasteiger charge is 2.24. The topological polar surface area (TPSA) is 75.5 Å². The Hall–Kier alpha value is -1.82. The molecule has 1 rings (SSSR count). The molecular formula is C14H20ClN3O3. The van der Waals surface area contributed by atoms with E-state index in [-0.39, 0.29) is 33.9 Å². The van der Waals surface area contributed by atoms with Crippen LogP contribution in [0.5, 0.6) is 0 Å². The van der Waals surface area contributed by atoms with E-state index in [4.69, 9.17) is 11.6 Å². The summed E-state index contributed by atoms with van der Waals surface area (Å²) in [6, 6.07) is 2.75. The van der Waals surface area contributed by atoms with Gasteiger partial charge in [0.25, 0.3) is 11.6 Å². The normalized spacial score (nSPS) is 10.6. The number of carbonyl (C=O) groups excluding carboxylic acids is 1. The molecule has 0 heterocycles. The van der Waals surface area contributed by atoms with Gasteiger partial charge < -0.3 is 10.2 Å². The van der Waals surface area contributed by atoms with Crippen LogP contribution in [0.4, 0.5) is 11.4 Å². The molecule has 0 bridgehead atoms. The Kier molecular flexibility index (Phi) is 5.96. The lowest BCUT2D eigenvalue weighted by Gasteiger charge is -2.26. The van der Waals surface area contributed by atoms with Crippen LogP contribution >= 0.6 is 11.6 Å². The Bertz CT molecular complexity index is 547. The predicted octanol–water partition coefficient (Wildman–Crippen LogP) is 3.55. The van der Waals surface area contributed by atoms with E-state index in [0.717, 1.165) is 6.42 Å². The summed E-state index contributed by atoms with van der Waals surface area (Å²) in [5.74, 6) is -0.250. The number of hydrogen-bond acceptors (Lipinski definition) is 4. The third-order valence-corrected chi connectivity index (χ3v) is 3.41. The summed E-state index contributed by atoms with van der Waals surface area (Å²) in [6.07, 6.45) is 0.814. The summed E-state index contributed by atoms with van der Waals surface area (Å²) in [5.41, 5.74) is 0.242. The minimum Gasteiger partial charge on any atom is -0.381 e. The number of anilines is 1. The van der Waals surface area contributed by atoms with Crippen molar-refractivity contribution in [2.75, 3.05) is 18.9 Å². The standard InChI is InChI=1S/C14H20ClN3O3/c1-5-6-17(9(2)3)14(19)10-7-11(15)13(16-4)12(8-10)18(20)21/h7-9,16H,5-6H2,1-4H3. The molecule has 116 valence electrons. The molecule has 0 saturated carbocycles. The van der Waals surface area contributed by atoms with Crippen LogP contribution in [-0.2, 0) is 0 Å². The van der Waals surface area contributed by atoms with E-state index in [1.807, 2.05) is 20.8 Å². The molecule has 1 aromatic carbocycles. The minimum atomic E-state index is -0.548. The van der Waals surface area contributed by atoms with Crippen LogP contribution in [0.2, 0.25) is 5.02 Å². The van der Waals surface area contributed by atoms with Crippen molar-refractivity contribution >= 4 is 28.9 Å². The lowest BCUT2D eigenvalue weighted by molar-refractivity contribution is -0.384. The lowest BCUT2D eigenvalue weighted by Crippen LogP contribution is -2.37. The van der Waals surface area contributed by atoms with Crippen molar-refractivity contribution in [2.45, 2.75) is 33.2 Å². The summed E-state index contributed by atoms with van der Waals surface area (Å²) >= 11 is 6.05. The number of rotatable bonds is 6. The van der Waals surface area contributed by atoms with Crippen LogP contribution in [0, 0.1) is 10.1 Å². The van der Waals surface area contributed by atoms with Gasteiger partial charge in [-0.25, -0.2) is 0 Å². The Morgan fingerprint density at radius 1 is 1.48 bits per heavy atom. The summed E-state index contributed by atoms with van der Waals surface area (Å²) < 4.78 is 0. The zero-order chi connectivity index (χ0) is 16.2. The fourth-order valence-electron chi connectivity index (χ4n) is 2.11. The number of nitrogens with one attached hydrogen (secondary N) is 1. The molecule has 1 amide bonds. The number of benzene rings is 1. The molecule has 0 unspecified atom stereocenters. The van der Waals surface area contributed by atoms with Crippen LogP contribution in [0.1, 0.15) is 37.6 Å². The van der Waals surface area contributed by atoms with Gasteiger partial charge in [0.15, 0.2) is 0 Å². The third-order valence-electron chi connectivity index (χ3n) is 3.11. The van der Waals surface area contributed by atoms with Crippen LogP contribution in [-0.4, -0.2) is 35.4 Å². The molecule has 1 N–H and O–H groups in total. The summed E-state index contributed by atoms with van der Waals surface area (Å²) in [7, 11) is 1.55. The smallest absolute Gasteiger partial charge is 0.294 e. The maximum atomic E-state index is 12.5. The summed E-state index contributed by atoms with van der Waals surface area (Å²) in [5, 5.41) is 14.0. The van der Waals surface area contributed by atoms with E-state index < -0.39 is 4.92 Å². The first-order chi connectivity index (χ1) is 9.83. The van der Waals surface area contributed by atoms with Crippen LogP contribution < -0.4 is 5.32 Å². The molecule has 7 heteroatoms. The number of hydrogen-bond donors (Lipinski definition) is 1. The molecule has 0 aromatic heterocycles. The average molecular weight is 314 g/mol. The quantitative estimate of drug-likeness (QED) is 0.643. The van der Waals surface area contributed by atoms with Gasteiger partial charge in [-0.2, -0.15) is 0 Å². The molecule has 6 nitrogen and oxygen atoms in total. The lowest BCUT2D eigenvalue weighted by atomic mass is 10.1. The van der Waals surface area contributed by atoms with Gasteiger partial charge in [-0.1, -0.05) is 18.5 Å². The number of amides is 1. The van der Waals surface area contributed by atoms with E-state index in [1.165, 1.54) is 12.1 Å². The predicted molar refractivity (Wildman–Crippen MR) is 84.1 cm³/mol. The third kappa shape index (κ3) is 3.85. The second-order valence-electron chi connectivity index (χ2n) is 4.95. The Balaban J connectivity index is 3.30. The van der Waals surface area contributed by atoms with Crippen molar-refractivity contribution in [3.05, 3.63) is 32.8 Å². The van der Waals surface area contributed by atoms with Gasteiger partial charge in [0.05, 0.1) is 9.95 Å². The van der Waals surface area contributed by atoms with Crippen molar-refractivity contribution in [1.29, 1.82) is 0 Å². The molecular weight excluding hydrogens is 294 g/mol. The van der Waals surface area contributed by atoms with E-state index in [0.29, 0.717) is 6.54 Å². The number of carbonyl (C=O) groups is 1. The zero-order valence-electron chi connectivity index (χ0n) is 12.6. The second kappa shape index (κ2) is 7.26. The van der Waals surface area contributed by atoms with Gasteiger partial charge in [0, 0.05) is 31.3 Å². The van der Waals surface area contributed by atoms with Crippen LogP contribution in [0.3, 0.4) is 0 Å². The molecule has 0 radical (unpaired) electrons. The average Bonchev–Trinajstić information content (AvgIpc) is 2.42. The van der Waals surface area contributed by atoms with Gasteiger partial charge >= 0.3 is 0 Å². The Morgan fingerprint density at radius 2 is 2.10 bits per heavy atom. The number of halogens is 1. The van der Waals surface area contributed by atoms with E-state index >= 15 is 0 Å². The maximum absolute atomic E-state index is 12.5. The van der Waals surface area contributed by atoms with Gasteiger partial charge in [-0.3, -0.25) is 14.9 Å². The van der Waals surface area contributed by atoms with Crippen molar-refractivity contribution < 1.29 is 9.72 Å². The molecule has 21 heavy (non-hydrogen) atoms. The number of nitro benzene ring substituents is 1. The molecule has 0 aliphatic heterocycles. The fourth-order valence-corrected chi connectivity index (χ4v) is 2.42. The molecule has 0 fully saturated rings. The monoisotopic (exact) mass is 313 g/mol. The zero-order valence-corrected chi connectivity index (χ0v) is 13.4. The SMILES string of the molecule is CCCN(C(=O)c1cc(Cl)c(NC)c([N+](=O)[O-])c1)C(C)C. The van der Waals surface area contributed by atoms with Gasteiger partial charge in [-0.15, -0.1) is 0 Å². The largest absolute Gasteiger partial charge is 0.381 e. The van der Waals surface area contributed by atoms with E-state index in [9.17, 15) is 14.9 Å². The minimum absolute atomic E-state index is 0.0132. The first-order valence-corrected chi connectivity index (χ1v) is 7.17. The van der Waals surface area contributed by atoms with E-state index in [1.54, 1.807) is 11.9 Å². The van der Waals surface area contributed by atoms with Crippen molar-refractivity contribution in [1.82, 2.24) is 4.90 Å². The highest BCUT2D eigenvalue weighted by molar-refractivity contribution is 6.34.